The lowest BCUT2D eigenvalue weighted by molar-refractivity contribution is -0.140. The van der Waals surface area contributed by atoms with Gasteiger partial charge >= 0.3 is 0 Å². The molecule has 1 N–H and O–H groups in total. The van der Waals surface area contributed by atoms with Crippen molar-refractivity contribution in [1.82, 2.24) is 13.9 Å². The Morgan fingerprint density at radius 1 is 1.06 bits per heavy atom. The molecule has 2 aromatic carbocycles. The van der Waals surface area contributed by atoms with Crippen molar-refractivity contribution in [2.75, 3.05) is 26.2 Å². The van der Waals surface area contributed by atoms with Crippen LogP contribution in [0.1, 0.15) is 30.7 Å². The van der Waals surface area contributed by atoms with Gasteiger partial charge in [-0.1, -0.05) is 30.3 Å². The molecule has 5 rings (SSSR count). The van der Waals surface area contributed by atoms with Crippen molar-refractivity contribution in [1.29, 1.82) is 0 Å². The molecular weight excluding hydrogens is 420 g/mol. The Morgan fingerprint density at radius 2 is 1.81 bits per heavy atom. The van der Waals surface area contributed by atoms with Gasteiger partial charge in [-0.05, 0) is 48.4 Å². The zero-order valence-electron chi connectivity index (χ0n) is 17.1. The molecule has 0 spiro atoms. The predicted octanol–water partition coefficient (Wildman–Crippen LogP) is 3.21. The first-order valence-electron chi connectivity index (χ1n) is 10.8. The van der Waals surface area contributed by atoms with Gasteiger partial charge in [-0.25, -0.2) is 22.0 Å². The van der Waals surface area contributed by atoms with Crippen LogP contribution in [0.4, 0.5) is 8.78 Å². The molecule has 0 radical (unpaired) electrons. The molecule has 3 fully saturated rings. The monoisotopic (exact) mass is 445 g/mol. The van der Waals surface area contributed by atoms with Gasteiger partial charge < -0.3 is 4.90 Å². The summed E-state index contributed by atoms with van der Waals surface area (Å²) >= 11 is -1.18. The molecule has 2 aromatic rings. The van der Waals surface area contributed by atoms with Crippen LogP contribution in [0.2, 0.25) is 0 Å². The highest BCUT2D eigenvalue weighted by Gasteiger charge is 2.49. The van der Waals surface area contributed by atoms with Gasteiger partial charge in [0.2, 0.25) is 5.91 Å². The summed E-state index contributed by atoms with van der Waals surface area (Å²) in [5, 5.41) is 0. The molecule has 5 nitrogen and oxygen atoms in total. The number of nitrogens with one attached hydrogen (secondary N) is 1. The SMILES string of the molecule is O=C([C@@H]1C[C@H]1c1ccccc1-c1c(F)cccc1F)N1CC[C@H]1CNS(=O)N1CCC1. The second-order valence-corrected chi connectivity index (χ2v) is 9.79. The van der Waals surface area contributed by atoms with Crippen LogP contribution in [0.25, 0.3) is 11.1 Å². The second kappa shape index (κ2) is 8.41. The van der Waals surface area contributed by atoms with E-state index in [9.17, 15) is 17.8 Å². The summed E-state index contributed by atoms with van der Waals surface area (Å²) in [5.74, 6) is -1.31. The Balaban J connectivity index is 1.26. The average molecular weight is 446 g/mol. The van der Waals surface area contributed by atoms with Crippen LogP contribution in [0, 0.1) is 17.6 Å². The molecule has 0 bridgehead atoms. The van der Waals surface area contributed by atoms with E-state index in [1.807, 2.05) is 21.3 Å². The maximum atomic E-state index is 14.4. The molecule has 1 saturated carbocycles. The first-order chi connectivity index (χ1) is 15.0. The smallest absolute Gasteiger partial charge is 0.226 e. The van der Waals surface area contributed by atoms with Crippen LogP contribution in [-0.2, 0) is 16.0 Å². The molecule has 4 atom stereocenters. The van der Waals surface area contributed by atoms with Crippen LogP contribution in [0.3, 0.4) is 0 Å². The molecule has 1 unspecified atom stereocenters. The molecule has 1 amide bonds. The highest BCUT2D eigenvalue weighted by Crippen LogP contribution is 2.52. The number of carbonyl (C=O) groups excluding carboxylic acids is 1. The number of likely N-dealkylation sites (tertiary alicyclic amines) is 1. The van der Waals surface area contributed by atoms with E-state index in [4.69, 9.17) is 0 Å². The lowest BCUT2D eigenvalue weighted by atomic mass is 9.94. The van der Waals surface area contributed by atoms with Gasteiger partial charge in [0.05, 0.1) is 5.56 Å². The normalized spacial score (nSPS) is 26.1. The highest BCUT2D eigenvalue weighted by molar-refractivity contribution is 7.80. The van der Waals surface area contributed by atoms with E-state index in [1.165, 1.54) is 18.2 Å². The molecule has 164 valence electrons. The third kappa shape index (κ3) is 3.92. The number of hydrogen-bond acceptors (Lipinski definition) is 2. The summed E-state index contributed by atoms with van der Waals surface area (Å²) in [6.07, 6.45) is 2.65. The van der Waals surface area contributed by atoms with Gasteiger partial charge in [0.1, 0.15) is 11.6 Å². The van der Waals surface area contributed by atoms with Crippen molar-refractivity contribution in [3.05, 3.63) is 59.7 Å². The van der Waals surface area contributed by atoms with E-state index in [1.54, 1.807) is 12.1 Å². The van der Waals surface area contributed by atoms with E-state index < -0.39 is 22.8 Å². The van der Waals surface area contributed by atoms with Gasteiger partial charge in [-0.2, -0.15) is 0 Å². The highest BCUT2D eigenvalue weighted by atomic mass is 32.2. The van der Waals surface area contributed by atoms with Crippen molar-refractivity contribution in [3.63, 3.8) is 0 Å². The van der Waals surface area contributed by atoms with E-state index in [0.29, 0.717) is 25.1 Å². The standard InChI is InChI=1S/C23H25F2N3O2S/c24-20-7-3-8-21(25)22(20)17-6-2-1-5-16(17)18-13-19(18)23(29)28-12-9-15(28)14-26-31(30)27-10-4-11-27/h1-3,5-8,15,18-19,26H,4,9-14H2/t15-,18-,19+,31?/m0/s1. The minimum absolute atomic E-state index is 0.0318. The van der Waals surface area contributed by atoms with Crippen molar-refractivity contribution in [2.45, 2.75) is 31.2 Å². The van der Waals surface area contributed by atoms with Crippen LogP contribution >= 0.6 is 0 Å². The van der Waals surface area contributed by atoms with Gasteiger partial charge in [0.25, 0.3) is 0 Å². The zero-order valence-corrected chi connectivity index (χ0v) is 17.9. The summed E-state index contributed by atoms with van der Waals surface area (Å²) in [4.78, 5) is 14.9. The fourth-order valence-corrected chi connectivity index (χ4v) is 5.59. The number of carbonyl (C=O) groups is 1. The summed E-state index contributed by atoms with van der Waals surface area (Å²) < 4.78 is 45.8. The fraction of sp³-hybridized carbons (Fsp3) is 0.435. The molecule has 2 saturated heterocycles. The average Bonchev–Trinajstić information content (AvgIpc) is 3.47. The molecule has 2 aliphatic heterocycles. The Labute approximate surface area is 183 Å². The van der Waals surface area contributed by atoms with Crippen molar-refractivity contribution in [3.8, 4) is 11.1 Å². The lowest BCUT2D eigenvalue weighted by Crippen LogP contribution is -2.57. The molecular formula is C23H25F2N3O2S. The van der Waals surface area contributed by atoms with E-state index in [2.05, 4.69) is 4.72 Å². The number of amides is 1. The lowest BCUT2D eigenvalue weighted by Gasteiger charge is -2.42. The first-order valence-corrected chi connectivity index (χ1v) is 11.9. The Kier molecular flexibility index (Phi) is 5.62. The number of hydrogen-bond donors (Lipinski definition) is 1. The van der Waals surface area contributed by atoms with Gasteiger partial charge in [0, 0.05) is 38.1 Å². The largest absolute Gasteiger partial charge is 0.338 e. The van der Waals surface area contributed by atoms with Gasteiger partial charge in [-0.3, -0.25) is 4.79 Å². The van der Waals surface area contributed by atoms with Crippen molar-refractivity contribution >= 4 is 17.1 Å². The summed E-state index contributed by atoms with van der Waals surface area (Å²) in [5.41, 5.74) is 1.31. The van der Waals surface area contributed by atoms with Crippen LogP contribution in [0.5, 0.6) is 0 Å². The van der Waals surface area contributed by atoms with Crippen LogP contribution < -0.4 is 4.72 Å². The van der Waals surface area contributed by atoms with E-state index in [0.717, 1.165) is 31.5 Å². The molecule has 8 heteroatoms. The predicted molar refractivity (Wildman–Crippen MR) is 115 cm³/mol. The molecule has 31 heavy (non-hydrogen) atoms. The topological polar surface area (TPSA) is 52.7 Å². The zero-order chi connectivity index (χ0) is 21.5. The summed E-state index contributed by atoms with van der Waals surface area (Å²) in [7, 11) is 0. The maximum absolute atomic E-state index is 14.4. The van der Waals surface area contributed by atoms with Crippen molar-refractivity contribution in [2.24, 2.45) is 5.92 Å². The third-order valence-corrected chi connectivity index (χ3v) is 7.87. The fourth-order valence-electron chi connectivity index (χ4n) is 4.48. The minimum atomic E-state index is -1.18. The quantitative estimate of drug-likeness (QED) is 0.712. The Bertz CT molecular complexity index is 1010. The van der Waals surface area contributed by atoms with Crippen molar-refractivity contribution < 1.29 is 17.8 Å². The Morgan fingerprint density at radius 3 is 2.45 bits per heavy atom. The third-order valence-electron chi connectivity index (χ3n) is 6.62. The van der Waals surface area contributed by atoms with Crippen LogP contribution in [0.15, 0.2) is 42.5 Å². The molecule has 0 aromatic heterocycles. The maximum Gasteiger partial charge on any atom is 0.226 e. The van der Waals surface area contributed by atoms with E-state index in [-0.39, 0.29) is 29.3 Å². The Hall–Kier alpha value is -2.16. The van der Waals surface area contributed by atoms with E-state index >= 15 is 0 Å². The summed E-state index contributed by atoms with van der Waals surface area (Å²) in [6, 6.07) is 11.1. The number of rotatable bonds is 7. The van der Waals surface area contributed by atoms with Gasteiger partial charge in [-0.15, -0.1) is 0 Å². The minimum Gasteiger partial charge on any atom is -0.338 e. The molecule has 2 heterocycles. The molecule has 3 aliphatic rings. The second-order valence-electron chi connectivity index (χ2n) is 8.49. The molecule has 1 aliphatic carbocycles. The van der Waals surface area contributed by atoms with Gasteiger partial charge in [0.15, 0.2) is 11.2 Å². The number of halogens is 2. The number of benzene rings is 2. The first kappa shape index (κ1) is 20.7. The number of nitrogens with zero attached hydrogens (tertiary/aromatic N) is 2. The van der Waals surface area contributed by atoms with Crippen LogP contribution in [-0.4, -0.2) is 51.5 Å². The summed E-state index contributed by atoms with van der Waals surface area (Å²) in [6.45, 7) is 2.91.